The highest BCUT2D eigenvalue weighted by Gasteiger charge is 2.23. The van der Waals surface area contributed by atoms with Crippen LogP contribution in [0.5, 0.6) is 0 Å². The van der Waals surface area contributed by atoms with Gasteiger partial charge in [-0.25, -0.2) is 0 Å². The molecular formula is C11H23NO3. The standard InChI is InChI=1S/C11H23NO3/c1-5-14-6-7-15-10(13)8-9(12)11(2,3)4/h9H,5-8,12H2,1-4H3. The summed E-state index contributed by atoms with van der Waals surface area (Å²) >= 11 is 0. The van der Waals surface area contributed by atoms with Crippen molar-refractivity contribution < 1.29 is 14.3 Å². The second-order valence-corrected chi connectivity index (χ2v) is 4.59. The summed E-state index contributed by atoms with van der Waals surface area (Å²) in [5.74, 6) is -0.253. The Bertz CT molecular complexity index is 187. The normalized spacial score (nSPS) is 13.7. The Balaban J connectivity index is 3.65. The van der Waals surface area contributed by atoms with Crippen molar-refractivity contribution in [3.8, 4) is 0 Å². The van der Waals surface area contributed by atoms with Crippen LogP contribution in [0.3, 0.4) is 0 Å². The first kappa shape index (κ1) is 14.4. The zero-order valence-corrected chi connectivity index (χ0v) is 10.2. The minimum absolute atomic E-state index is 0.0705. The van der Waals surface area contributed by atoms with Gasteiger partial charge in [-0.1, -0.05) is 20.8 Å². The van der Waals surface area contributed by atoms with Crippen LogP contribution in [0.2, 0.25) is 0 Å². The molecule has 0 rings (SSSR count). The summed E-state index contributed by atoms with van der Waals surface area (Å²) in [5.41, 5.74) is 5.78. The van der Waals surface area contributed by atoms with Crippen molar-refractivity contribution in [3.63, 3.8) is 0 Å². The molecule has 0 aromatic rings. The number of nitrogens with two attached hydrogens (primary N) is 1. The monoisotopic (exact) mass is 217 g/mol. The third kappa shape index (κ3) is 7.33. The molecule has 0 amide bonds. The Hall–Kier alpha value is -0.610. The van der Waals surface area contributed by atoms with E-state index in [0.717, 1.165) is 0 Å². The van der Waals surface area contributed by atoms with E-state index in [4.69, 9.17) is 15.2 Å². The number of carbonyl (C=O) groups is 1. The van der Waals surface area contributed by atoms with Crippen molar-refractivity contribution in [2.45, 2.75) is 40.2 Å². The number of ether oxygens (including phenoxy) is 2. The lowest BCUT2D eigenvalue weighted by Crippen LogP contribution is -2.37. The molecular weight excluding hydrogens is 194 g/mol. The van der Waals surface area contributed by atoms with Crippen molar-refractivity contribution in [1.29, 1.82) is 0 Å². The summed E-state index contributed by atoms with van der Waals surface area (Å²) in [4.78, 5) is 11.3. The summed E-state index contributed by atoms with van der Waals surface area (Å²) in [6.45, 7) is 9.31. The number of carbonyl (C=O) groups excluding carboxylic acids is 1. The first-order valence-corrected chi connectivity index (χ1v) is 5.37. The predicted molar refractivity (Wildman–Crippen MR) is 59.5 cm³/mol. The average Bonchev–Trinajstić information content (AvgIpc) is 2.11. The van der Waals surface area contributed by atoms with E-state index in [9.17, 15) is 4.79 Å². The fraction of sp³-hybridized carbons (Fsp3) is 0.909. The first-order chi connectivity index (χ1) is 6.88. The van der Waals surface area contributed by atoms with Crippen LogP contribution in [0.25, 0.3) is 0 Å². The molecule has 0 aliphatic heterocycles. The molecule has 0 aliphatic rings. The second-order valence-electron chi connectivity index (χ2n) is 4.59. The maximum absolute atomic E-state index is 11.3. The molecule has 0 aliphatic carbocycles. The van der Waals surface area contributed by atoms with Gasteiger partial charge in [0.15, 0.2) is 0 Å². The van der Waals surface area contributed by atoms with E-state index in [1.54, 1.807) is 0 Å². The molecule has 1 unspecified atom stereocenters. The molecule has 2 N–H and O–H groups in total. The Morgan fingerprint density at radius 3 is 2.40 bits per heavy atom. The quantitative estimate of drug-likeness (QED) is 0.538. The maximum atomic E-state index is 11.3. The fourth-order valence-corrected chi connectivity index (χ4v) is 0.903. The van der Waals surface area contributed by atoms with Crippen LogP contribution >= 0.6 is 0 Å². The lowest BCUT2D eigenvalue weighted by Gasteiger charge is -2.26. The van der Waals surface area contributed by atoms with Crippen LogP contribution in [0.4, 0.5) is 0 Å². The molecule has 0 radical (unpaired) electrons. The van der Waals surface area contributed by atoms with E-state index in [2.05, 4.69) is 0 Å². The van der Waals surface area contributed by atoms with Gasteiger partial charge in [0.05, 0.1) is 13.0 Å². The Labute approximate surface area is 92.1 Å². The van der Waals surface area contributed by atoms with E-state index in [-0.39, 0.29) is 23.8 Å². The molecule has 0 heterocycles. The van der Waals surface area contributed by atoms with E-state index in [1.165, 1.54) is 0 Å². The zero-order chi connectivity index (χ0) is 11.9. The fourth-order valence-electron chi connectivity index (χ4n) is 0.903. The number of hydrogen-bond acceptors (Lipinski definition) is 4. The van der Waals surface area contributed by atoms with Crippen molar-refractivity contribution >= 4 is 5.97 Å². The second kappa shape index (κ2) is 6.80. The van der Waals surface area contributed by atoms with Gasteiger partial charge in [0.1, 0.15) is 6.61 Å². The summed E-state index contributed by atoms with van der Waals surface area (Å²) in [5, 5.41) is 0. The Kier molecular flexibility index (Phi) is 6.52. The van der Waals surface area contributed by atoms with Crippen LogP contribution < -0.4 is 5.73 Å². The number of esters is 1. The van der Waals surface area contributed by atoms with Crippen molar-refractivity contribution in [3.05, 3.63) is 0 Å². The van der Waals surface area contributed by atoms with Crippen LogP contribution in [0.15, 0.2) is 0 Å². The third-order valence-corrected chi connectivity index (χ3v) is 2.19. The molecule has 15 heavy (non-hydrogen) atoms. The van der Waals surface area contributed by atoms with Gasteiger partial charge in [-0.3, -0.25) is 4.79 Å². The maximum Gasteiger partial charge on any atom is 0.307 e. The molecule has 0 spiro atoms. The van der Waals surface area contributed by atoms with E-state index < -0.39 is 0 Å². The summed E-state index contributed by atoms with van der Waals surface area (Å²) in [6, 6.07) is -0.169. The van der Waals surface area contributed by atoms with Crippen molar-refractivity contribution in [1.82, 2.24) is 0 Å². The lowest BCUT2D eigenvalue weighted by atomic mass is 9.85. The van der Waals surface area contributed by atoms with Gasteiger partial charge < -0.3 is 15.2 Å². The molecule has 4 heteroatoms. The zero-order valence-electron chi connectivity index (χ0n) is 10.2. The van der Waals surface area contributed by atoms with Gasteiger partial charge in [0, 0.05) is 12.6 Å². The van der Waals surface area contributed by atoms with Gasteiger partial charge in [-0.05, 0) is 12.3 Å². The van der Waals surface area contributed by atoms with Crippen molar-refractivity contribution in [2.75, 3.05) is 19.8 Å². The summed E-state index contributed by atoms with van der Waals surface area (Å²) in [6.07, 6.45) is 0.260. The third-order valence-electron chi connectivity index (χ3n) is 2.19. The predicted octanol–water partition coefficient (Wildman–Crippen LogP) is 1.33. The van der Waals surface area contributed by atoms with Gasteiger partial charge in [0.25, 0.3) is 0 Å². The van der Waals surface area contributed by atoms with E-state index in [0.29, 0.717) is 19.8 Å². The molecule has 1 atom stereocenters. The highest BCUT2D eigenvalue weighted by atomic mass is 16.6. The highest BCUT2D eigenvalue weighted by molar-refractivity contribution is 5.70. The molecule has 0 fully saturated rings. The largest absolute Gasteiger partial charge is 0.463 e. The molecule has 0 saturated carbocycles. The van der Waals surface area contributed by atoms with Gasteiger partial charge in [-0.15, -0.1) is 0 Å². The van der Waals surface area contributed by atoms with Crippen LogP contribution in [-0.2, 0) is 14.3 Å². The first-order valence-electron chi connectivity index (χ1n) is 5.37. The topological polar surface area (TPSA) is 61.5 Å². The van der Waals surface area contributed by atoms with Gasteiger partial charge in [0.2, 0.25) is 0 Å². The SMILES string of the molecule is CCOCCOC(=O)CC(N)C(C)(C)C. The summed E-state index contributed by atoms with van der Waals surface area (Å²) in [7, 11) is 0. The minimum Gasteiger partial charge on any atom is -0.463 e. The van der Waals surface area contributed by atoms with Crippen LogP contribution in [0, 0.1) is 5.41 Å². The smallest absolute Gasteiger partial charge is 0.307 e. The van der Waals surface area contributed by atoms with Crippen LogP contribution in [-0.4, -0.2) is 31.8 Å². The lowest BCUT2D eigenvalue weighted by molar-refractivity contribution is -0.146. The van der Waals surface area contributed by atoms with E-state index >= 15 is 0 Å². The molecule has 0 bridgehead atoms. The highest BCUT2D eigenvalue weighted by Crippen LogP contribution is 2.19. The average molecular weight is 217 g/mol. The van der Waals surface area contributed by atoms with Gasteiger partial charge >= 0.3 is 5.97 Å². The van der Waals surface area contributed by atoms with E-state index in [1.807, 2.05) is 27.7 Å². The van der Waals surface area contributed by atoms with Crippen molar-refractivity contribution in [2.24, 2.45) is 11.1 Å². The molecule has 90 valence electrons. The molecule has 0 aromatic heterocycles. The van der Waals surface area contributed by atoms with Crippen LogP contribution in [0.1, 0.15) is 34.1 Å². The molecule has 4 nitrogen and oxygen atoms in total. The Morgan fingerprint density at radius 1 is 1.33 bits per heavy atom. The number of rotatable bonds is 6. The number of hydrogen-bond donors (Lipinski definition) is 1. The summed E-state index contributed by atoms with van der Waals surface area (Å²) < 4.78 is 10.0. The van der Waals surface area contributed by atoms with Gasteiger partial charge in [-0.2, -0.15) is 0 Å². The molecule has 0 saturated heterocycles. The Morgan fingerprint density at radius 2 is 1.93 bits per heavy atom. The molecule has 0 aromatic carbocycles. The minimum atomic E-state index is -0.253.